The first-order valence-electron chi connectivity index (χ1n) is 8.62. The van der Waals surface area contributed by atoms with E-state index in [1.807, 2.05) is 37.3 Å². The van der Waals surface area contributed by atoms with Gasteiger partial charge >= 0.3 is 0 Å². The zero-order chi connectivity index (χ0) is 19.6. The highest BCUT2D eigenvalue weighted by atomic mass is 35.5. The minimum atomic E-state index is -3.80. The van der Waals surface area contributed by atoms with Crippen LogP contribution in [0.15, 0.2) is 47.4 Å². The van der Waals surface area contributed by atoms with Crippen LogP contribution in [-0.4, -0.2) is 26.9 Å². The molecule has 1 aliphatic rings. The van der Waals surface area contributed by atoms with Crippen molar-refractivity contribution in [3.8, 4) is 0 Å². The monoisotopic (exact) mass is 426 g/mol. The van der Waals surface area contributed by atoms with Gasteiger partial charge in [0.2, 0.25) is 10.0 Å². The van der Waals surface area contributed by atoms with Gasteiger partial charge in [-0.25, -0.2) is 13.1 Å². The molecule has 1 amide bonds. The van der Waals surface area contributed by atoms with Gasteiger partial charge in [0.1, 0.15) is 4.90 Å². The molecule has 1 saturated carbocycles. The van der Waals surface area contributed by atoms with Crippen LogP contribution in [0.5, 0.6) is 0 Å². The van der Waals surface area contributed by atoms with Gasteiger partial charge in [-0.15, -0.1) is 0 Å². The van der Waals surface area contributed by atoms with Gasteiger partial charge in [0.25, 0.3) is 5.91 Å². The Labute approximate surface area is 169 Å². The summed E-state index contributed by atoms with van der Waals surface area (Å²) in [5.74, 6) is -0.344. The minimum Gasteiger partial charge on any atom is -0.351 e. The average Bonchev–Trinajstić information content (AvgIpc) is 3.43. The molecule has 0 aromatic heterocycles. The van der Waals surface area contributed by atoms with Crippen molar-refractivity contribution >= 4 is 39.1 Å². The highest BCUT2D eigenvalue weighted by molar-refractivity contribution is 7.89. The van der Waals surface area contributed by atoms with Crippen LogP contribution in [0.4, 0.5) is 0 Å². The van der Waals surface area contributed by atoms with E-state index in [1.165, 1.54) is 12.1 Å². The Bertz CT molecular complexity index is 945. The van der Waals surface area contributed by atoms with Gasteiger partial charge in [-0.2, -0.15) is 0 Å². The maximum Gasteiger partial charge on any atom is 0.252 e. The molecule has 1 fully saturated rings. The van der Waals surface area contributed by atoms with E-state index in [-0.39, 0.29) is 32.5 Å². The van der Waals surface area contributed by atoms with Crippen molar-refractivity contribution in [1.82, 2.24) is 10.0 Å². The highest BCUT2D eigenvalue weighted by Crippen LogP contribution is 2.30. The minimum absolute atomic E-state index is 0.0117. The van der Waals surface area contributed by atoms with E-state index in [4.69, 9.17) is 23.2 Å². The third-order valence-corrected chi connectivity index (χ3v) is 6.69. The lowest BCUT2D eigenvalue weighted by molar-refractivity contribution is 0.0951. The second kappa shape index (κ2) is 8.19. The molecule has 0 aliphatic heterocycles. The lowest BCUT2D eigenvalue weighted by atomic mass is 10.0. The van der Waals surface area contributed by atoms with E-state index in [9.17, 15) is 13.2 Å². The van der Waals surface area contributed by atoms with Crippen molar-refractivity contribution < 1.29 is 13.2 Å². The normalized spacial score (nSPS) is 15.4. The second-order valence-electron chi connectivity index (χ2n) is 6.68. The van der Waals surface area contributed by atoms with E-state index in [2.05, 4.69) is 10.0 Å². The van der Waals surface area contributed by atoms with Crippen molar-refractivity contribution in [2.75, 3.05) is 6.54 Å². The third-order valence-electron chi connectivity index (χ3n) is 4.39. The zero-order valence-electron chi connectivity index (χ0n) is 14.7. The molecule has 0 saturated heterocycles. The topological polar surface area (TPSA) is 75.3 Å². The number of hydrogen-bond donors (Lipinski definition) is 2. The van der Waals surface area contributed by atoms with E-state index in [0.29, 0.717) is 6.54 Å². The van der Waals surface area contributed by atoms with E-state index in [1.54, 1.807) is 0 Å². The second-order valence-corrected chi connectivity index (χ2v) is 9.18. The molecule has 1 aliphatic carbocycles. The molecule has 0 bridgehead atoms. The van der Waals surface area contributed by atoms with Gasteiger partial charge in [-0.1, -0.05) is 60.5 Å². The van der Waals surface area contributed by atoms with Crippen LogP contribution in [0.25, 0.3) is 0 Å². The van der Waals surface area contributed by atoms with Crippen LogP contribution in [0.3, 0.4) is 0 Å². The first kappa shape index (κ1) is 20.1. The smallest absolute Gasteiger partial charge is 0.252 e. The number of hydrogen-bond acceptors (Lipinski definition) is 3. The zero-order valence-corrected chi connectivity index (χ0v) is 17.0. The Morgan fingerprint density at radius 1 is 1.15 bits per heavy atom. The SMILES string of the molecule is CC(CNC(=O)c1cc(S(=O)(=O)NC2CC2)c(Cl)cc1Cl)c1ccccc1. The number of carbonyl (C=O) groups excluding carboxylic acids is 1. The molecule has 1 atom stereocenters. The number of carbonyl (C=O) groups is 1. The van der Waals surface area contributed by atoms with Gasteiger partial charge in [0.15, 0.2) is 0 Å². The lowest BCUT2D eigenvalue weighted by Gasteiger charge is -2.15. The molecule has 27 heavy (non-hydrogen) atoms. The van der Waals surface area contributed by atoms with Crippen LogP contribution in [0.1, 0.15) is 41.6 Å². The lowest BCUT2D eigenvalue weighted by Crippen LogP contribution is -2.29. The highest BCUT2D eigenvalue weighted by Gasteiger charge is 2.30. The Morgan fingerprint density at radius 2 is 1.81 bits per heavy atom. The quantitative estimate of drug-likeness (QED) is 0.702. The Kier molecular flexibility index (Phi) is 6.11. The molecule has 3 rings (SSSR count). The summed E-state index contributed by atoms with van der Waals surface area (Å²) in [5, 5.41) is 2.90. The fourth-order valence-electron chi connectivity index (χ4n) is 2.63. The summed E-state index contributed by atoms with van der Waals surface area (Å²) in [5.41, 5.74) is 1.18. The van der Waals surface area contributed by atoms with Crippen molar-refractivity contribution in [2.45, 2.75) is 36.6 Å². The summed E-state index contributed by atoms with van der Waals surface area (Å²) >= 11 is 12.2. The van der Waals surface area contributed by atoms with Gasteiger partial charge in [0, 0.05) is 12.6 Å². The number of nitrogens with one attached hydrogen (secondary N) is 2. The number of benzene rings is 2. The van der Waals surface area contributed by atoms with Crippen LogP contribution in [0.2, 0.25) is 10.0 Å². The molecule has 144 valence electrons. The summed E-state index contributed by atoms with van der Waals surface area (Å²) in [6.45, 7) is 2.39. The fraction of sp³-hybridized carbons (Fsp3) is 0.316. The predicted octanol–water partition coefficient (Wildman–Crippen LogP) is 3.97. The molecule has 2 aromatic rings. The van der Waals surface area contributed by atoms with E-state index >= 15 is 0 Å². The summed E-state index contributed by atoms with van der Waals surface area (Å²) in [6.07, 6.45) is 1.60. The summed E-state index contributed by atoms with van der Waals surface area (Å²) in [6, 6.07) is 12.2. The summed E-state index contributed by atoms with van der Waals surface area (Å²) in [4.78, 5) is 12.4. The largest absolute Gasteiger partial charge is 0.351 e. The summed E-state index contributed by atoms with van der Waals surface area (Å²) in [7, 11) is -3.80. The standard InChI is InChI=1S/C19H20Cl2N2O3S/c1-12(13-5-3-2-4-6-13)11-22-19(24)15-9-18(17(21)10-16(15)20)27(25,26)23-14-7-8-14/h2-6,9-10,12,14,23H,7-8,11H2,1H3,(H,22,24). The van der Waals surface area contributed by atoms with Crippen molar-refractivity contribution in [2.24, 2.45) is 0 Å². The molecule has 0 heterocycles. The van der Waals surface area contributed by atoms with E-state index in [0.717, 1.165) is 18.4 Å². The van der Waals surface area contributed by atoms with Crippen molar-refractivity contribution in [1.29, 1.82) is 0 Å². The van der Waals surface area contributed by atoms with Gasteiger partial charge in [-0.05, 0) is 36.5 Å². The van der Waals surface area contributed by atoms with Crippen molar-refractivity contribution in [3.05, 3.63) is 63.6 Å². The van der Waals surface area contributed by atoms with Crippen molar-refractivity contribution in [3.63, 3.8) is 0 Å². The Morgan fingerprint density at radius 3 is 2.44 bits per heavy atom. The number of sulfonamides is 1. The van der Waals surface area contributed by atoms with Gasteiger partial charge in [0.05, 0.1) is 15.6 Å². The number of rotatable bonds is 7. The molecule has 2 N–H and O–H groups in total. The van der Waals surface area contributed by atoms with Crippen LogP contribution < -0.4 is 10.0 Å². The molecule has 1 unspecified atom stereocenters. The maximum absolute atomic E-state index is 12.6. The van der Waals surface area contributed by atoms with Gasteiger partial charge < -0.3 is 5.32 Å². The summed E-state index contributed by atoms with van der Waals surface area (Å²) < 4.78 is 27.5. The Balaban J connectivity index is 1.77. The van der Waals surface area contributed by atoms with Gasteiger partial charge in [-0.3, -0.25) is 4.79 Å². The van der Waals surface area contributed by atoms with Crippen LogP contribution >= 0.6 is 23.2 Å². The van der Waals surface area contributed by atoms with Crippen LogP contribution in [0, 0.1) is 0 Å². The molecule has 2 aromatic carbocycles. The first-order valence-corrected chi connectivity index (χ1v) is 10.9. The molecule has 0 radical (unpaired) electrons. The molecule has 0 spiro atoms. The molecule has 8 heteroatoms. The van der Waals surface area contributed by atoms with E-state index < -0.39 is 15.9 Å². The third kappa shape index (κ3) is 5.02. The number of amides is 1. The molecular formula is C19H20Cl2N2O3S. The first-order chi connectivity index (χ1) is 12.8. The van der Waals surface area contributed by atoms with Crippen LogP contribution in [-0.2, 0) is 10.0 Å². The molecular weight excluding hydrogens is 407 g/mol. The average molecular weight is 427 g/mol. The maximum atomic E-state index is 12.6. The fourth-order valence-corrected chi connectivity index (χ4v) is 4.80. The predicted molar refractivity (Wildman–Crippen MR) is 107 cm³/mol. The Hall–Kier alpha value is -1.60. The molecule has 5 nitrogen and oxygen atoms in total. The number of halogens is 2.